The fourth-order valence-electron chi connectivity index (χ4n) is 1.37. The Balaban J connectivity index is 2.18. The average Bonchev–Trinajstić information content (AvgIpc) is 2.40. The van der Waals surface area contributed by atoms with Gasteiger partial charge in [0.2, 0.25) is 0 Å². The fraction of sp³-hybridized carbons (Fsp3) is 0.0833. The molecule has 2 rings (SSSR count). The van der Waals surface area contributed by atoms with Crippen LogP contribution in [0.1, 0.15) is 10.5 Å². The number of hydrogen-bond donors (Lipinski definition) is 1. The predicted molar refractivity (Wildman–Crippen MR) is 73.2 cm³/mol. The zero-order chi connectivity index (χ0) is 13.0. The summed E-state index contributed by atoms with van der Waals surface area (Å²) in [5.74, 6) is -0.305. The van der Waals surface area contributed by atoms with Crippen molar-refractivity contribution >= 4 is 35.0 Å². The lowest BCUT2D eigenvalue weighted by Gasteiger charge is -2.08. The molecule has 0 atom stereocenters. The molecule has 0 bridgehead atoms. The van der Waals surface area contributed by atoms with E-state index in [1.165, 1.54) is 12.1 Å². The van der Waals surface area contributed by atoms with Gasteiger partial charge in [0.1, 0.15) is 0 Å². The Labute approximate surface area is 114 Å². The van der Waals surface area contributed by atoms with Gasteiger partial charge in [-0.25, -0.2) is 0 Å². The number of anilines is 1. The second-order valence-electron chi connectivity index (χ2n) is 3.40. The van der Waals surface area contributed by atoms with Gasteiger partial charge in [-0.15, -0.1) is 22.0 Å². The number of rotatable bonds is 3. The molecule has 0 fully saturated rings. The number of aromatic nitrogens is 2. The van der Waals surface area contributed by atoms with E-state index in [2.05, 4.69) is 15.5 Å². The number of carbonyl (C=O) groups is 1. The molecule has 1 aromatic heterocycles. The molecule has 0 unspecified atom stereocenters. The first-order valence-electron chi connectivity index (χ1n) is 5.14. The quantitative estimate of drug-likeness (QED) is 0.877. The second-order valence-corrected chi connectivity index (χ2v) is 4.63. The van der Waals surface area contributed by atoms with Gasteiger partial charge in [0.25, 0.3) is 5.91 Å². The van der Waals surface area contributed by atoms with E-state index < -0.39 is 0 Å². The third kappa shape index (κ3) is 3.00. The summed E-state index contributed by atoms with van der Waals surface area (Å²) in [5, 5.41) is 10.4. The Hall–Kier alpha value is -1.59. The minimum atomic E-state index is -0.305. The molecule has 0 saturated carbocycles. The van der Waals surface area contributed by atoms with E-state index >= 15 is 0 Å². The van der Waals surface area contributed by atoms with Gasteiger partial charge in [-0.3, -0.25) is 4.79 Å². The van der Waals surface area contributed by atoms with Crippen LogP contribution in [0.15, 0.2) is 41.3 Å². The van der Waals surface area contributed by atoms with Crippen LogP contribution in [0.5, 0.6) is 0 Å². The third-order valence-corrected chi connectivity index (χ3v) is 3.22. The van der Waals surface area contributed by atoms with Crippen LogP contribution < -0.4 is 5.32 Å². The largest absolute Gasteiger partial charge is 0.320 e. The number of carbonyl (C=O) groups excluding carboxylic acids is 1. The number of benzene rings is 1. The molecule has 2 aromatic rings. The highest BCUT2D eigenvalue weighted by Crippen LogP contribution is 2.24. The van der Waals surface area contributed by atoms with Crippen molar-refractivity contribution in [1.82, 2.24) is 10.2 Å². The number of halogens is 1. The lowest BCUT2D eigenvalue weighted by atomic mass is 10.3. The first-order valence-corrected chi connectivity index (χ1v) is 6.74. The molecule has 18 heavy (non-hydrogen) atoms. The van der Waals surface area contributed by atoms with Crippen molar-refractivity contribution in [1.29, 1.82) is 0 Å². The van der Waals surface area contributed by atoms with Crippen molar-refractivity contribution < 1.29 is 4.79 Å². The molecule has 0 spiro atoms. The topological polar surface area (TPSA) is 54.9 Å². The molecule has 1 aromatic carbocycles. The van der Waals surface area contributed by atoms with Crippen molar-refractivity contribution in [2.45, 2.75) is 4.90 Å². The SMILES string of the molecule is CSc1ccccc1NC(=O)c1ccc(Cl)nn1. The summed E-state index contributed by atoms with van der Waals surface area (Å²) in [4.78, 5) is 12.9. The normalized spacial score (nSPS) is 10.1. The summed E-state index contributed by atoms with van der Waals surface area (Å²) >= 11 is 7.18. The van der Waals surface area contributed by atoms with Crippen molar-refractivity contribution in [3.63, 3.8) is 0 Å². The molecule has 0 aliphatic carbocycles. The van der Waals surface area contributed by atoms with Crippen LogP contribution in [0.2, 0.25) is 5.15 Å². The second kappa shape index (κ2) is 5.84. The average molecular weight is 280 g/mol. The summed E-state index contributed by atoms with van der Waals surface area (Å²) in [6.07, 6.45) is 1.95. The number of nitrogens with zero attached hydrogens (tertiary/aromatic N) is 2. The first-order chi connectivity index (χ1) is 8.70. The van der Waals surface area contributed by atoms with Crippen LogP contribution in [0.3, 0.4) is 0 Å². The van der Waals surface area contributed by atoms with Crippen molar-refractivity contribution in [2.24, 2.45) is 0 Å². The van der Waals surface area contributed by atoms with Crippen LogP contribution >= 0.6 is 23.4 Å². The Morgan fingerprint density at radius 3 is 2.67 bits per heavy atom. The molecule has 1 amide bonds. The molecular formula is C12H10ClN3OS. The van der Waals surface area contributed by atoms with Crippen molar-refractivity contribution in [2.75, 3.05) is 11.6 Å². The van der Waals surface area contributed by atoms with Gasteiger partial charge < -0.3 is 5.32 Å². The van der Waals surface area contributed by atoms with E-state index in [1.54, 1.807) is 11.8 Å². The monoisotopic (exact) mass is 279 g/mol. The summed E-state index contributed by atoms with van der Waals surface area (Å²) in [7, 11) is 0. The Morgan fingerprint density at radius 2 is 2.00 bits per heavy atom. The van der Waals surface area contributed by atoms with Gasteiger partial charge in [0.05, 0.1) is 5.69 Å². The summed E-state index contributed by atoms with van der Waals surface area (Å²) in [6.45, 7) is 0. The highest BCUT2D eigenvalue weighted by molar-refractivity contribution is 7.98. The molecule has 0 aliphatic heterocycles. The Morgan fingerprint density at radius 1 is 1.22 bits per heavy atom. The van der Waals surface area contributed by atoms with E-state index in [4.69, 9.17) is 11.6 Å². The number of nitrogens with one attached hydrogen (secondary N) is 1. The van der Waals surface area contributed by atoms with Crippen molar-refractivity contribution in [3.8, 4) is 0 Å². The zero-order valence-corrected chi connectivity index (χ0v) is 11.1. The Kier molecular flexibility index (Phi) is 4.17. The molecule has 92 valence electrons. The van der Waals surface area contributed by atoms with Crippen LogP contribution in [0, 0.1) is 0 Å². The molecule has 1 N–H and O–H groups in total. The van der Waals surface area contributed by atoms with E-state index in [-0.39, 0.29) is 16.8 Å². The van der Waals surface area contributed by atoms with E-state index in [9.17, 15) is 4.79 Å². The van der Waals surface area contributed by atoms with E-state index in [0.29, 0.717) is 0 Å². The number of para-hydroxylation sites is 1. The predicted octanol–water partition coefficient (Wildman–Crippen LogP) is 3.10. The number of hydrogen-bond acceptors (Lipinski definition) is 4. The molecule has 6 heteroatoms. The van der Waals surface area contributed by atoms with Gasteiger partial charge in [0.15, 0.2) is 10.8 Å². The smallest absolute Gasteiger partial charge is 0.276 e. The maximum atomic E-state index is 11.9. The highest BCUT2D eigenvalue weighted by atomic mass is 35.5. The van der Waals surface area contributed by atoms with Gasteiger partial charge in [0, 0.05) is 4.90 Å². The van der Waals surface area contributed by atoms with Crippen LogP contribution in [0.25, 0.3) is 0 Å². The molecule has 0 aliphatic rings. The fourth-order valence-corrected chi connectivity index (χ4v) is 2.03. The molecule has 4 nitrogen and oxygen atoms in total. The summed E-state index contributed by atoms with van der Waals surface area (Å²) in [6, 6.07) is 10.6. The van der Waals surface area contributed by atoms with Gasteiger partial charge in [-0.1, -0.05) is 23.7 Å². The maximum Gasteiger partial charge on any atom is 0.276 e. The lowest BCUT2D eigenvalue weighted by Crippen LogP contribution is -2.14. The standard InChI is InChI=1S/C12H10ClN3OS/c1-18-10-5-3-2-4-8(10)14-12(17)9-6-7-11(13)16-15-9/h2-7H,1H3,(H,14,17). The van der Waals surface area contributed by atoms with Gasteiger partial charge >= 0.3 is 0 Å². The van der Waals surface area contributed by atoms with E-state index in [1.807, 2.05) is 30.5 Å². The van der Waals surface area contributed by atoms with Crippen LogP contribution in [-0.4, -0.2) is 22.4 Å². The third-order valence-electron chi connectivity index (χ3n) is 2.22. The molecule has 0 radical (unpaired) electrons. The maximum absolute atomic E-state index is 11.9. The first kappa shape index (κ1) is 12.9. The minimum Gasteiger partial charge on any atom is -0.320 e. The number of amides is 1. The van der Waals surface area contributed by atoms with Crippen molar-refractivity contribution in [3.05, 3.63) is 47.2 Å². The Bertz CT molecular complexity index is 560. The lowest BCUT2D eigenvalue weighted by molar-refractivity contribution is 0.102. The zero-order valence-electron chi connectivity index (χ0n) is 9.55. The summed E-state index contributed by atoms with van der Waals surface area (Å²) in [5.41, 5.74) is 0.988. The highest BCUT2D eigenvalue weighted by Gasteiger charge is 2.10. The minimum absolute atomic E-state index is 0.232. The molecular weight excluding hydrogens is 270 g/mol. The molecule has 0 saturated heterocycles. The van der Waals surface area contributed by atoms with Crippen LogP contribution in [-0.2, 0) is 0 Å². The summed E-state index contributed by atoms with van der Waals surface area (Å²) < 4.78 is 0. The van der Waals surface area contributed by atoms with Gasteiger partial charge in [-0.05, 0) is 30.5 Å². The van der Waals surface area contributed by atoms with Gasteiger partial charge in [-0.2, -0.15) is 0 Å². The van der Waals surface area contributed by atoms with E-state index in [0.717, 1.165) is 10.6 Å². The van der Waals surface area contributed by atoms with Crippen LogP contribution in [0.4, 0.5) is 5.69 Å². The number of thioether (sulfide) groups is 1. The molecule has 1 heterocycles.